The van der Waals surface area contributed by atoms with Gasteiger partial charge in [0.2, 0.25) is 0 Å². The number of hydrogen-bond acceptors (Lipinski definition) is 4. The predicted molar refractivity (Wildman–Crippen MR) is 120 cm³/mol. The molecule has 0 fully saturated rings. The summed E-state index contributed by atoms with van der Waals surface area (Å²) in [6.07, 6.45) is 0.489. The minimum atomic E-state index is -0.201. The maximum atomic E-state index is 10.4. The number of ether oxygens (including phenoxy) is 1. The zero-order valence-electron chi connectivity index (χ0n) is 16.2. The number of phenolic OH excluding ortho intramolecular Hbond substituents is 1. The first-order valence-corrected chi connectivity index (χ1v) is 10.5. The smallest absolute Gasteiger partial charge is 0.126 e. The van der Waals surface area contributed by atoms with Crippen molar-refractivity contribution < 1.29 is 9.84 Å². The standard InChI is InChI=1S/C24H23BrN2O2/c1-2-29-19-12-10-16(11-13-19)21-15-22(20-8-3-4-9-23(20)28)27-24(26-21)17-6-5-7-18(25)14-17/h3-14,22,24,27-28H,2,15H2,1H3/t22-,24+/m1/s1. The summed E-state index contributed by atoms with van der Waals surface area (Å²) in [6.45, 7) is 2.62. The van der Waals surface area contributed by atoms with Crippen LogP contribution in [0.25, 0.3) is 0 Å². The van der Waals surface area contributed by atoms with Crippen LogP contribution in [0.4, 0.5) is 0 Å². The van der Waals surface area contributed by atoms with Gasteiger partial charge in [-0.1, -0.05) is 46.3 Å². The first-order valence-electron chi connectivity index (χ1n) is 9.73. The molecule has 0 saturated heterocycles. The highest BCUT2D eigenvalue weighted by molar-refractivity contribution is 9.10. The number of aliphatic imine (C=N–C) groups is 1. The van der Waals surface area contributed by atoms with Gasteiger partial charge in [0.1, 0.15) is 17.7 Å². The molecule has 1 heterocycles. The molecule has 4 nitrogen and oxygen atoms in total. The van der Waals surface area contributed by atoms with E-state index in [2.05, 4.69) is 45.5 Å². The topological polar surface area (TPSA) is 53.8 Å². The molecule has 5 heteroatoms. The maximum absolute atomic E-state index is 10.4. The first-order chi connectivity index (χ1) is 14.1. The molecular formula is C24H23BrN2O2. The van der Waals surface area contributed by atoms with Gasteiger partial charge in [0.25, 0.3) is 0 Å². The van der Waals surface area contributed by atoms with Crippen molar-refractivity contribution in [3.63, 3.8) is 0 Å². The number of aromatic hydroxyl groups is 1. The highest BCUT2D eigenvalue weighted by Gasteiger charge is 2.27. The Morgan fingerprint density at radius 3 is 2.59 bits per heavy atom. The zero-order valence-corrected chi connectivity index (χ0v) is 17.8. The Kier molecular flexibility index (Phi) is 5.97. The zero-order chi connectivity index (χ0) is 20.2. The molecule has 148 valence electrons. The summed E-state index contributed by atoms with van der Waals surface area (Å²) < 4.78 is 6.58. The average molecular weight is 451 g/mol. The Hall–Kier alpha value is -2.63. The lowest BCUT2D eigenvalue weighted by molar-refractivity contribution is 0.340. The second-order valence-corrected chi connectivity index (χ2v) is 7.89. The van der Waals surface area contributed by atoms with Gasteiger partial charge < -0.3 is 9.84 Å². The molecule has 0 saturated carbocycles. The quantitative estimate of drug-likeness (QED) is 0.518. The number of benzene rings is 3. The van der Waals surface area contributed by atoms with Crippen LogP contribution in [-0.2, 0) is 0 Å². The molecular weight excluding hydrogens is 428 g/mol. The van der Waals surface area contributed by atoms with Gasteiger partial charge in [0.15, 0.2) is 0 Å². The number of phenols is 1. The molecule has 3 aromatic rings. The van der Waals surface area contributed by atoms with E-state index in [1.54, 1.807) is 6.07 Å². The van der Waals surface area contributed by atoms with Crippen molar-refractivity contribution >= 4 is 21.6 Å². The summed E-state index contributed by atoms with van der Waals surface area (Å²) in [7, 11) is 0. The van der Waals surface area contributed by atoms with Crippen LogP contribution in [0, 0.1) is 0 Å². The Bertz CT molecular complexity index is 1020. The van der Waals surface area contributed by atoms with Crippen LogP contribution >= 0.6 is 15.9 Å². The number of rotatable bonds is 5. The molecule has 1 aliphatic heterocycles. The maximum Gasteiger partial charge on any atom is 0.126 e. The molecule has 2 N–H and O–H groups in total. The largest absolute Gasteiger partial charge is 0.508 e. The molecule has 4 rings (SSSR count). The molecule has 0 radical (unpaired) electrons. The van der Waals surface area contributed by atoms with Gasteiger partial charge in [-0.2, -0.15) is 0 Å². The number of nitrogens with one attached hydrogen (secondary N) is 1. The second kappa shape index (κ2) is 8.80. The van der Waals surface area contributed by atoms with E-state index < -0.39 is 0 Å². The van der Waals surface area contributed by atoms with E-state index >= 15 is 0 Å². The highest BCUT2D eigenvalue weighted by atomic mass is 79.9. The molecule has 0 bridgehead atoms. The predicted octanol–water partition coefficient (Wildman–Crippen LogP) is 5.78. The molecule has 29 heavy (non-hydrogen) atoms. The normalized spacial score (nSPS) is 18.9. The number of para-hydroxylation sites is 1. The second-order valence-electron chi connectivity index (χ2n) is 6.97. The molecule has 0 amide bonds. The third kappa shape index (κ3) is 4.52. The monoisotopic (exact) mass is 450 g/mol. The van der Waals surface area contributed by atoms with E-state index in [1.165, 1.54) is 0 Å². The van der Waals surface area contributed by atoms with E-state index in [9.17, 15) is 5.11 Å². The lowest BCUT2D eigenvalue weighted by Crippen LogP contribution is -2.33. The van der Waals surface area contributed by atoms with Gasteiger partial charge in [-0.15, -0.1) is 0 Å². The third-order valence-electron chi connectivity index (χ3n) is 5.02. The van der Waals surface area contributed by atoms with Crippen LogP contribution in [0.5, 0.6) is 11.5 Å². The van der Waals surface area contributed by atoms with Gasteiger partial charge in [-0.3, -0.25) is 10.3 Å². The fourth-order valence-electron chi connectivity index (χ4n) is 3.62. The summed E-state index contributed by atoms with van der Waals surface area (Å²) in [5.41, 5.74) is 4.02. The van der Waals surface area contributed by atoms with Crippen molar-refractivity contribution in [1.82, 2.24) is 5.32 Å². The van der Waals surface area contributed by atoms with Crippen LogP contribution in [-0.4, -0.2) is 17.4 Å². The molecule has 0 spiro atoms. The van der Waals surface area contributed by atoms with Crippen LogP contribution in [0.3, 0.4) is 0 Å². The molecule has 0 aromatic heterocycles. The lowest BCUT2D eigenvalue weighted by Gasteiger charge is -2.31. The van der Waals surface area contributed by atoms with Crippen LogP contribution in [0.1, 0.15) is 42.2 Å². The summed E-state index contributed by atoms with van der Waals surface area (Å²) in [5, 5.41) is 14.0. The van der Waals surface area contributed by atoms with E-state index in [0.29, 0.717) is 18.8 Å². The molecule has 2 atom stereocenters. The van der Waals surface area contributed by atoms with Crippen molar-refractivity contribution in [3.05, 3.63) is 94.0 Å². The molecule has 1 aliphatic rings. The van der Waals surface area contributed by atoms with E-state index in [1.807, 2.05) is 49.4 Å². The Morgan fingerprint density at radius 1 is 1.07 bits per heavy atom. The Balaban J connectivity index is 1.72. The van der Waals surface area contributed by atoms with Crippen molar-refractivity contribution in [2.45, 2.75) is 25.6 Å². The lowest BCUT2D eigenvalue weighted by atomic mass is 9.93. The fourth-order valence-corrected chi connectivity index (χ4v) is 4.04. The van der Waals surface area contributed by atoms with Crippen molar-refractivity contribution in [2.24, 2.45) is 4.99 Å². The average Bonchev–Trinajstić information content (AvgIpc) is 2.74. The van der Waals surface area contributed by atoms with Crippen LogP contribution in [0.15, 0.2) is 82.3 Å². The Labute approximate surface area is 179 Å². The molecule has 3 aromatic carbocycles. The SMILES string of the molecule is CCOc1ccc(C2=N[C@H](c3cccc(Br)c3)N[C@@H](c3ccccc3O)C2)cc1. The fraction of sp³-hybridized carbons (Fsp3) is 0.208. The van der Waals surface area contributed by atoms with Crippen LogP contribution in [0.2, 0.25) is 0 Å². The minimum absolute atomic E-state index is 0.0424. The van der Waals surface area contributed by atoms with E-state index in [4.69, 9.17) is 9.73 Å². The van der Waals surface area contributed by atoms with Crippen LogP contribution < -0.4 is 10.1 Å². The molecule has 0 aliphatic carbocycles. The summed E-state index contributed by atoms with van der Waals surface area (Å²) >= 11 is 3.55. The van der Waals surface area contributed by atoms with Crippen molar-refractivity contribution in [1.29, 1.82) is 0 Å². The van der Waals surface area contributed by atoms with Gasteiger partial charge in [0.05, 0.1) is 6.61 Å². The first kappa shape index (κ1) is 19.7. The number of nitrogens with zero attached hydrogens (tertiary/aromatic N) is 1. The van der Waals surface area contributed by atoms with Crippen molar-refractivity contribution in [2.75, 3.05) is 6.61 Å². The van der Waals surface area contributed by atoms with Gasteiger partial charge >= 0.3 is 0 Å². The Morgan fingerprint density at radius 2 is 1.86 bits per heavy atom. The third-order valence-corrected chi connectivity index (χ3v) is 5.51. The van der Waals surface area contributed by atoms with E-state index in [-0.39, 0.29) is 12.2 Å². The van der Waals surface area contributed by atoms with Gasteiger partial charge in [-0.25, -0.2) is 0 Å². The van der Waals surface area contributed by atoms with Gasteiger partial charge in [0, 0.05) is 28.2 Å². The van der Waals surface area contributed by atoms with Crippen molar-refractivity contribution in [3.8, 4) is 11.5 Å². The number of halogens is 1. The summed E-state index contributed by atoms with van der Waals surface area (Å²) in [4.78, 5) is 5.01. The van der Waals surface area contributed by atoms with E-state index in [0.717, 1.165) is 32.6 Å². The number of hydrogen-bond donors (Lipinski definition) is 2. The summed E-state index contributed by atoms with van der Waals surface area (Å²) in [6, 6.07) is 23.7. The highest BCUT2D eigenvalue weighted by Crippen LogP contribution is 2.35. The molecule has 0 unspecified atom stereocenters. The minimum Gasteiger partial charge on any atom is -0.508 e. The summed E-state index contributed by atoms with van der Waals surface area (Å²) in [5.74, 6) is 1.15. The van der Waals surface area contributed by atoms with Gasteiger partial charge in [-0.05, 0) is 60.5 Å².